The minimum absolute atomic E-state index is 0.320. The van der Waals surface area contributed by atoms with Gasteiger partial charge in [0.05, 0.1) is 13.2 Å². The van der Waals surface area contributed by atoms with Crippen LogP contribution in [0.1, 0.15) is 13.3 Å². The molecular formula is C10H17NO3. The molecule has 0 aliphatic carbocycles. The number of rotatable bonds is 5. The molecule has 0 spiro atoms. The van der Waals surface area contributed by atoms with Gasteiger partial charge in [-0.25, -0.2) is 4.79 Å². The zero-order chi connectivity index (χ0) is 10.4. The molecule has 1 heterocycles. The zero-order valence-electron chi connectivity index (χ0n) is 8.54. The van der Waals surface area contributed by atoms with E-state index in [4.69, 9.17) is 9.47 Å². The van der Waals surface area contributed by atoms with Crippen molar-refractivity contribution in [1.29, 1.82) is 0 Å². The fourth-order valence-corrected chi connectivity index (χ4v) is 1.27. The van der Waals surface area contributed by atoms with Crippen molar-refractivity contribution >= 4 is 5.97 Å². The number of hydrogen-bond donors (Lipinski definition) is 1. The molecule has 0 radical (unpaired) electrons. The zero-order valence-corrected chi connectivity index (χ0v) is 8.54. The third-order valence-electron chi connectivity index (χ3n) is 2.10. The molecule has 0 aromatic heterocycles. The van der Waals surface area contributed by atoms with Gasteiger partial charge in [0.1, 0.15) is 0 Å². The summed E-state index contributed by atoms with van der Waals surface area (Å²) < 4.78 is 10.00. The van der Waals surface area contributed by atoms with Gasteiger partial charge in [-0.2, -0.15) is 0 Å². The summed E-state index contributed by atoms with van der Waals surface area (Å²) in [6.45, 7) is 7.82. The van der Waals surface area contributed by atoms with E-state index in [0.29, 0.717) is 24.8 Å². The number of nitrogens with one attached hydrogen (secondary N) is 1. The Hall–Kier alpha value is -0.870. The average Bonchev–Trinajstić information content (AvgIpc) is 2.67. The van der Waals surface area contributed by atoms with Crippen molar-refractivity contribution in [2.75, 3.05) is 26.4 Å². The van der Waals surface area contributed by atoms with Crippen LogP contribution in [0.4, 0.5) is 0 Å². The van der Waals surface area contributed by atoms with Crippen LogP contribution < -0.4 is 5.32 Å². The van der Waals surface area contributed by atoms with Crippen LogP contribution in [-0.2, 0) is 14.3 Å². The van der Waals surface area contributed by atoms with Crippen LogP contribution in [0, 0.1) is 0 Å². The average molecular weight is 199 g/mol. The van der Waals surface area contributed by atoms with Gasteiger partial charge < -0.3 is 14.8 Å². The van der Waals surface area contributed by atoms with Crippen molar-refractivity contribution < 1.29 is 14.3 Å². The lowest BCUT2D eigenvalue weighted by Gasteiger charge is -2.11. The minimum atomic E-state index is -0.320. The van der Waals surface area contributed by atoms with Gasteiger partial charge >= 0.3 is 5.97 Å². The maximum atomic E-state index is 11.2. The molecule has 1 aliphatic heterocycles. The van der Waals surface area contributed by atoms with Crippen molar-refractivity contribution in [3.63, 3.8) is 0 Å². The van der Waals surface area contributed by atoms with Gasteiger partial charge in [0.25, 0.3) is 0 Å². The molecule has 14 heavy (non-hydrogen) atoms. The smallest absolute Gasteiger partial charge is 0.334 e. The molecule has 0 aromatic rings. The summed E-state index contributed by atoms with van der Waals surface area (Å²) in [4.78, 5) is 11.2. The van der Waals surface area contributed by atoms with Crippen LogP contribution in [0.2, 0.25) is 0 Å². The number of ether oxygens (including phenoxy) is 2. The first kappa shape index (κ1) is 11.2. The molecule has 4 heteroatoms. The van der Waals surface area contributed by atoms with Crippen molar-refractivity contribution in [1.82, 2.24) is 5.32 Å². The molecule has 0 saturated carbocycles. The summed E-state index contributed by atoms with van der Waals surface area (Å²) in [5.41, 5.74) is 0.471. The van der Waals surface area contributed by atoms with Crippen LogP contribution in [0.15, 0.2) is 12.2 Å². The summed E-state index contributed by atoms with van der Waals surface area (Å²) in [6, 6.07) is 0.348. The maximum Gasteiger partial charge on any atom is 0.334 e. The van der Waals surface area contributed by atoms with Crippen molar-refractivity contribution in [2.24, 2.45) is 0 Å². The molecule has 1 aliphatic rings. The fourth-order valence-electron chi connectivity index (χ4n) is 1.27. The second-order valence-corrected chi connectivity index (χ2v) is 3.27. The lowest BCUT2D eigenvalue weighted by Crippen LogP contribution is -2.32. The van der Waals surface area contributed by atoms with E-state index in [1.807, 2.05) is 0 Å². The summed E-state index contributed by atoms with van der Waals surface area (Å²) in [7, 11) is 0. The monoisotopic (exact) mass is 199 g/mol. The van der Waals surface area contributed by atoms with Crippen molar-refractivity contribution in [2.45, 2.75) is 19.4 Å². The summed E-state index contributed by atoms with van der Waals surface area (Å²) in [5.74, 6) is -0.320. The van der Waals surface area contributed by atoms with Gasteiger partial charge in [-0.1, -0.05) is 6.58 Å². The lowest BCUT2D eigenvalue weighted by molar-refractivity contribution is -0.138. The van der Waals surface area contributed by atoms with E-state index in [1.54, 1.807) is 6.92 Å². The Kier molecular flexibility index (Phi) is 4.62. The van der Waals surface area contributed by atoms with Gasteiger partial charge in [-0.05, 0) is 13.3 Å². The molecule has 0 bridgehead atoms. The molecule has 1 unspecified atom stereocenters. The number of carbonyl (C=O) groups is 1. The molecule has 0 amide bonds. The highest BCUT2D eigenvalue weighted by Gasteiger charge is 2.16. The number of hydrogen-bond acceptors (Lipinski definition) is 4. The van der Waals surface area contributed by atoms with Gasteiger partial charge in [-0.3, -0.25) is 0 Å². The predicted octanol–water partition coefficient (Wildman–Crippen LogP) is 0.484. The number of esters is 1. The first-order valence-corrected chi connectivity index (χ1v) is 4.90. The van der Waals surface area contributed by atoms with Crippen molar-refractivity contribution in [3.05, 3.63) is 12.2 Å². The molecule has 1 saturated heterocycles. The van der Waals surface area contributed by atoms with Crippen LogP contribution >= 0.6 is 0 Å². The Labute approximate surface area is 84.3 Å². The van der Waals surface area contributed by atoms with Gasteiger partial charge in [0.2, 0.25) is 0 Å². The van der Waals surface area contributed by atoms with E-state index < -0.39 is 0 Å². The van der Waals surface area contributed by atoms with Gasteiger partial charge in [-0.15, -0.1) is 0 Å². The Balaban J connectivity index is 2.16. The van der Waals surface area contributed by atoms with E-state index in [2.05, 4.69) is 11.9 Å². The lowest BCUT2D eigenvalue weighted by atomic mass is 10.2. The largest absolute Gasteiger partial charge is 0.463 e. The molecule has 1 N–H and O–H groups in total. The SMILES string of the molecule is C=C(CNC1CCOC1)C(=O)OCC. The molecule has 80 valence electrons. The maximum absolute atomic E-state index is 11.2. The van der Waals surface area contributed by atoms with Crippen LogP contribution in [0.25, 0.3) is 0 Å². The standard InChI is InChI=1S/C10H17NO3/c1-3-14-10(12)8(2)6-11-9-4-5-13-7-9/h9,11H,2-7H2,1H3. The summed E-state index contributed by atoms with van der Waals surface area (Å²) >= 11 is 0. The van der Waals surface area contributed by atoms with Crippen LogP contribution in [0.5, 0.6) is 0 Å². The summed E-state index contributed by atoms with van der Waals surface area (Å²) in [6.07, 6.45) is 0.996. The molecule has 4 nitrogen and oxygen atoms in total. The molecule has 1 fully saturated rings. The topological polar surface area (TPSA) is 47.6 Å². The first-order chi connectivity index (χ1) is 6.74. The quantitative estimate of drug-likeness (QED) is 0.517. The Morgan fingerprint density at radius 1 is 1.71 bits per heavy atom. The Morgan fingerprint density at radius 2 is 2.50 bits per heavy atom. The van der Waals surface area contributed by atoms with E-state index in [-0.39, 0.29) is 5.97 Å². The van der Waals surface area contributed by atoms with Crippen molar-refractivity contribution in [3.8, 4) is 0 Å². The van der Waals surface area contributed by atoms with Gasteiger partial charge in [0.15, 0.2) is 0 Å². The van der Waals surface area contributed by atoms with E-state index >= 15 is 0 Å². The second-order valence-electron chi connectivity index (χ2n) is 3.27. The first-order valence-electron chi connectivity index (χ1n) is 4.90. The normalized spacial score (nSPS) is 20.8. The fraction of sp³-hybridized carbons (Fsp3) is 0.700. The van der Waals surface area contributed by atoms with Gasteiger partial charge in [0, 0.05) is 24.8 Å². The van der Waals surface area contributed by atoms with E-state index in [1.165, 1.54) is 0 Å². The third-order valence-corrected chi connectivity index (χ3v) is 2.10. The minimum Gasteiger partial charge on any atom is -0.463 e. The van der Waals surface area contributed by atoms with Crippen LogP contribution in [-0.4, -0.2) is 38.4 Å². The third kappa shape index (κ3) is 3.47. The van der Waals surface area contributed by atoms with E-state index in [9.17, 15) is 4.79 Å². The molecule has 1 rings (SSSR count). The highest BCUT2D eigenvalue weighted by atomic mass is 16.5. The molecular weight excluding hydrogens is 182 g/mol. The van der Waals surface area contributed by atoms with Crippen LogP contribution in [0.3, 0.4) is 0 Å². The highest BCUT2D eigenvalue weighted by Crippen LogP contribution is 2.04. The Bertz CT molecular complexity index is 209. The van der Waals surface area contributed by atoms with E-state index in [0.717, 1.165) is 19.6 Å². The second kappa shape index (κ2) is 5.78. The summed E-state index contributed by atoms with van der Waals surface area (Å²) in [5, 5.41) is 3.20. The predicted molar refractivity (Wildman–Crippen MR) is 53.0 cm³/mol. The number of carbonyl (C=O) groups excluding carboxylic acids is 1. The molecule has 1 atom stereocenters. The Morgan fingerprint density at radius 3 is 3.07 bits per heavy atom. The highest BCUT2D eigenvalue weighted by molar-refractivity contribution is 5.88. The molecule has 0 aromatic carbocycles.